The zero-order chi connectivity index (χ0) is 14.7. The van der Waals surface area contributed by atoms with E-state index in [-0.39, 0.29) is 17.7 Å². The molecule has 0 spiro atoms. The van der Waals surface area contributed by atoms with Crippen LogP contribution in [0.2, 0.25) is 0 Å². The van der Waals surface area contributed by atoms with Gasteiger partial charge in [-0.1, -0.05) is 33.1 Å². The van der Waals surface area contributed by atoms with Crippen molar-refractivity contribution in [3.05, 3.63) is 0 Å². The molecule has 1 N–H and O–H groups in total. The van der Waals surface area contributed by atoms with Gasteiger partial charge in [0.15, 0.2) is 0 Å². The molecule has 1 aliphatic rings. The Hall–Kier alpha value is -0.620. The summed E-state index contributed by atoms with van der Waals surface area (Å²) in [4.78, 5) is 10.8. The van der Waals surface area contributed by atoms with Gasteiger partial charge in [0.1, 0.15) is 0 Å². The molecule has 0 aromatic rings. The van der Waals surface area contributed by atoms with Crippen LogP contribution in [0.15, 0.2) is 0 Å². The smallest absolute Gasteiger partial charge is 0.307 e. The third kappa shape index (κ3) is 4.76. The molecule has 0 heterocycles. The number of sulfonamides is 1. The summed E-state index contributed by atoms with van der Waals surface area (Å²) >= 11 is 0. The lowest BCUT2D eigenvalue weighted by molar-refractivity contribution is -0.141. The normalized spacial score (nSPS) is 21.3. The topological polar surface area (TPSA) is 74.7 Å². The van der Waals surface area contributed by atoms with Crippen LogP contribution < -0.4 is 0 Å². The minimum Gasteiger partial charge on any atom is -0.481 e. The fourth-order valence-electron chi connectivity index (χ4n) is 2.68. The van der Waals surface area contributed by atoms with E-state index in [0.29, 0.717) is 0 Å². The molecule has 1 rings (SSSR count). The summed E-state index contributed by atoms with van der Waals surface area (Å²) in [6.07, 6.45) is 5.23. The maximum Gasteiger partial charge on any atom is 0.307 e. The third-order valence-corrected chi connectivity index (χ3v) is 6.18. The van der Waals surface area contributed by atoms with Crippen molar-refractivity contribution in [2.75, 3.05) is 19.3 Å². The monoisotopic (exact) mass is 291 g/mol. The third-order valence-electron chi connectivity index (χ3n) is 4.02. The SMILES string of the molecule is CC(CN(C)S(=O)(=O)CC1(C)CCCCC1)C(=O)O. The molecule has 0 aromatic carbocycles. The maximum absolute atomic E-state index is 12.3. The largest absolute Gasteiger partial charge is 0.481 e. The van der Waals surface area contributed by atoms with Crippen LogP contribution in [0.4, 0.5) is 0 Å². The van der Waals surface area contributed by atoms with Crippen molar-refractivity contribution >= 4 is 16.0 Å². The molecule has 0 aromatic heterocycles. The average molecular weight is 291 g/mol. The quantitative estimate of drug-likeness (QED) is 0.811. The molecule has 0 bridgehead atoms. The fraction of sp³-hybridized carbons (Fsp3) is 0.923. The zero-order valence-electron chi connectivity index (χ0n) is 12.1. The lowest BCUT2D eigenvalue weighted by atomic mass is 9.77. The highest BCUT2D eigenvalue weighted by Gasteiger charge is 2.34. The van der Waals surface area contributed by atoms with Gasteiger partial charge in [-0.15, -0.1) is 0 Å². The second kappa shape index (κ2) is 6.22. The molecule has 1 aliphatic carbocycles. The maximum atomic E-state index is 12.3. The van der Waals surface area contributed by atoms with E-state index in [4.69, 9.17) is 5.11 Å². The van der Waals surface area contributed by atoms with E-state index in [1.807, 2.05) is 6.92 Å². The number of hydrogen-bond donors (Lipinski definition) is 1. The number of aliphatic carboxylic acids is 1. The molecular weight excluding hydrogens is 266 g/mol. The van der Waals surface area contributed by atoms with E-state index >= 15 is 0 Å². The average Bonchev–Trinajstić information content (AvgIpc) is 2.28. The molecular formula is C13H25NO4S. The van der Waals surface area contributed by atoms with E-state index < -0.39 is 21.9 Å². The van der Waals surface area contributed by atoms with Crippen LogP contribution in [0.3, 0.4) is 0 Å². The van der Waals surface area contributed by atoms with Gasteiger partial charge in [0.2, 0.25) is 10.0 Å². The minimum absolute atomic E-state index is 0.0355. The molecule has 0 amide bonds. The summed E-state index contributed by atoms with van der Waals surface area (Å²) in [5, 5.41) is 8.85. The van der Waals surface area contributed by atoms with Crippen LogP contribution in [-0.4, -0.2) is 43.1 Å². The Morgan fingerprint density at radius 3 is 2.32 bits per heavy atom. The summed E-state index contributed by atoms with van der Waals surface area (Å²) in [7, 11) is -1.90. The molecule has 112 valence electrons. The Morgan fingerprint density at radius 1 is 1.32 bits per heavy atom. The molecule has 0 aliphatic heterocycles. The molecule has 19 heavy (non-hydrogen) atoms. The second-order valence-electron chi connectivity index (χ2n) is 6.15. The summed E-state index contributed by atoms with van der Waals surface area (Å²) in [6.45, 7) is 3.59. The number of hydrogen-bond acceptors (Lipinski definition) is 3. The van der Waals surface area contributed by atoms with Gasteiger partial charge >= 0.3 is 5.97 Å². The lowest BCUT2D eigenvalue weighted by Gasteiger charge is -2.34. The second-order valence-corrected chi connectivity index (χ2v) is 8.22. The van der Waals surface area contributed by atoms with E-state index in [2.05, 4.69) is 0 Å². The highest BCUT2D eigenvalue weighted by Crippen LogP contribution is 2.37. The van der Waals surface area contributed by atoms with Crippen molar-refractivity contribution in [3.63, 3.8) is 0 Å². The predicted molar refractivity (Wildman–Crippen MR) is 74.4 cm³/mol. The van der Waals surface area contributed by atoms with Crippen LogP contribution in [0.25, 0.3) is 0 Å². The first kappa shape index (κ1) is 16.4. The summed E-state index contributed by atoms with van der Waals surface area (Å²) in [5.74, 6) is -1.52. The van der Waals surface area contributed by atoms with Gasteiger partial charge in [-0.05, 0) is 18.3 Å². The fourth-order valence-corrected chi connectivity index (χ4v) is 4.52. The van der Waals surface area contributed by atoms with Crippen molar-refractivity contribution < 1.29 is 18.3 Å². The highest BCUT2D eigenvalue weighted by molar-refractivity contribution is 7.89. The van der Waals surface area contributed by atoms with E-state index in [0.717, 1.165) is 25.7 Å². The van der Waals surface area contributed by atoms with Gasteiger partial charge in [0.05, 0.1) is 11.7 Å². The van der Waals surface area contributed by atoms with Gasteiger partial charge < -0.3 is 5.11 Å². The minimum atomic E-state index is -3.38. The van der Waals surface area contributed by atoms with Crippen molar-refractivity contribution in [1.82, 2.24) is 4.31 Å². The van der Waals surface area contributed by atoms with E-state index in [1.54, 1.807) is 0 Å². The van der Waals surface area contributed by atoms with E-state index in [9.17, 15) is 13.2 Å². The molecule has 6 heteroatoms. The Morgan fingerprint density at radius 2 is 1.84 bits per heavy atom. The molecule has 1 saturated carbocycles. The standard InChI is InChI=1S/C13H25NO4S/c1-11(12(15)16)9-14(3)19(17,18)10-13(2)7-5-4-6-8-13/h11H,4-10H2,1-3H3,(H,15,16). The van der Waals surface area contributed by atoms with Gasteiger partial charge in [0.25, 0.3) is 0 Å². The number of carboxylic acid groups (broad SMARTS) is 1. The Labute approximate surface area is 116 Å². The van der Waals surface area contributed by atoms with Crippen LogP contribution in [0.1, 0.15) is 46.0 Å². The van der Waals surface area contributed by atoms with Gasteiger partial charge in [-0.3, -0.25) is 4.79 Å². The molecule has 1 atom stereocenters. The van der Waals surface area contributed by atoms with Crippen LogP contribution in [0, 0.1) is 11.3 Å². The number of carbonyl (C=O) groups is 1. The van der Waals surface area contributed by atoms with Crippen molar-refractivity contribution in [2.45, 2.75) is 46.0 Å². The predicted octanol–water partition coefficient (Wildman–Crippen LogP) is 1.94. The summed E-state index contributed by atoms with van der Waals surface area (Å²) in [6, 6.07) is 0. The van der Waals surface area contributed by atoms with Crippen LogP contribution in [-0.2, 0) is 14.8 Å². The highest BCUT2D eigenvalue weighted by atomic mass is 32.2. The first-order valence-corrected chi connectivity index (χ1v) is 8.44. The Bertz CT molecular complexity index is 412. The van der Waals surface area contributed by atoms with Gasteiger partial charge in [-0.25, -0.2) is 12.7 Å². The van der Waals surface area contributed by atoms with Crippen molar-refractivity contribution in [2.24, 2.45) is 11.3 Å². The number of carboxylic acids is 1. The molecule has 1 fully saturated rings. The van der Waals surface area contributed by atoms with Crippen LogP contribution in [0.5, 0.6) is 0 Å². The van der Waals surface area contributed by atoms with Gasteiger partial charge in [-0.2, -0.15) is 0 Å². The first-order valence-electron chi connectivity index (χ1n) is 6.83. The lowest BCUT2D eigenvalue weighted by Crippen LogP contribution is -2.40. The van der Waals surface area contributed by atoms with Crippen molar-refractivity contribution in [3.8, 4) is 0 Å². The van der Waals surface area contributed by atoms with E-state index in [1.165, 1.54) is 24.7 Å². The number of nitrogens with zero attached hydrogens (tertiary/aromatic N) is 1. The molecule has 0 saturated heterocycles. The molecule has 1 unspecified atom stereocenters. The molecule has 0 radical (unpaired) electrons. The Kier molecular flexibility index (Phi) is 5.38. The summed E-state index contributed by atoms with van der Waals surface area (Å²) in [5.41, 5.74) is -0.155. The van der Waals surface area contributed by atoms with Crippen LogP contribution >= 0.6 is 0 Å². The molecule has 5 nitrogen and oxygen atoms in total. The number of rotatable bonds is 6. The first-order chi connectivity index (χ1) is 8.66. The Balaban J connectivity index is 2.66. The zero-order valence-corrected chi connectivity index (χ0v) is 12.9. The van der Waals surface area contributed by atoms with Crippen molar-refractivity contribution in [1.29, 1.82) is 0 Å². The summed E-state index contributed by atoms with van der Waals surface area (Å²) < 4.78 is 25.8. The van der Waals surface area contributed by atoms with Gasteiger partial charge in [0, 0.05) is 13.6 Å².